The van der Waals surface area contributed by atoms with Gasteiger partial charge in [-0.15, -0.1) is 0 Å². The number of methoxy groups -OCH3 is 1. The van der Waals surface area contributed by atoms with Crippen LogP contribution >= 0.6 is 23.2 Å². The number of halogens is 2. The van der Waals surface area contributed by atoms with Gasteiger partial charge in [0.15, 0.2) is 5.76 Å². The summed E-state index contributed by atoms with van der Waals surface area (Å²) in [6.07, 6.45) is 4.34. The van der Waals surface area contributed by atoms with E-state index in [0.717, 1.165) is 37.7 Å². The van der Waals surface area contributed by atoms with E-state index in [1.807, 2.05) is 12.1 Å². The number of piperidine rings is 1. The van der Waals surface area contributed by atoms with E-state index in [1.165, 1.54) is 7.11 Å². The first-order valence-corrected chi connectivity index (χ1v) is 9.59. The molecule has 1 saturated heterocycles. The summed E-state index contributed by atoms with van der Waals surface area (Å²) in [5.41, 5.74) is 1.55. The van der Waals surface area contributed by atoms with E-state index in [1.54, 1.807) is 11.0 Å². The van der Waals surface area contributed by atoms with Crippen LogP contribution in [0.3, 0.4) is 0 Å². The molecule has 2 aliphatic heterocycles. The van der Waals surface area contributed by atoms with Crippen molar-refractivity contribution in [3.8, 4) is 0 Å². The Balaban J connectivity index is 1.57. The second-order valence-corrected chi connectivity index (χ2v) is 7.38. The Hall–Kier alpha value is -1.72. The van der Waals surface area contributed by atoms with E-state index in [9.17, 15) is 9.59 Å². The SMILES string of the molecule is COC1=C(C(=O)NCCCc2ccc(Cl)c(Cl)c2)C2CCCCN2C1=O. The molecule has 0 aromatic heterocycles. The third-order valence-electron chi connectivity index (χ3n) is 4.90. The van der Waals surface area contributed by atoms with Gasteiger partial charge in [0.1, 0.15) is 0 Å². The van der Waals surface area contributed by atoms with Crippen LogP contribution in [0.5, 0.6) is 0 Å². The Morgan fingerprint density at radius 2 is 2.12 bits per heavy atom. The maximum Gasteiger partial charge on any atom is 0.290 e. The van der Waals surface area contributed by atoms with Crippen LogP contribution in [0.25, 0.3) is 0 Å². The molecule has 7 heteroatoms. The van der Waals surface area contributed by atoms with E-state index in [2.05, 4.69) is 5.32 Å². The van der Waals surface area contributed by atoms with Gasteiger partial charge >= 0.3 is 0 Å². The number of hydrogen-bond acceptors (Lipinski definition) is 3. The fourth-order valence-corrected chi connectivity index (χ4v) is 3.93. The summed E-state index contributed by atoms with van der Waals surface area (Å²) < 4.78 is 5.25. The Morgan fingerprint density at radius 1 is 1.31 bits per heavy atom. The van der Waals surface area contributed by atoms with Crippen LogP contribution in [0, 0.1) is 0 Å². The van der Waals surface area contributed by atoms with Gasteiger partial charge in [-0.3, -0.25) is 9.59 Å². The number of nitrogens with zero attached hydrogens (tertiary/aromatic N) is 1. The average Bonchev–Trinajstić information content (AvgIpc) is 2.94. The van der Waals surface area contributed by atoms with Crippen molar-refractivity contribution < 1.29 is 14.3 Å². The smallest absolute Gasteiger partial charge is 0.290 e. The summed E-state index contributed by atoms with van der Waals surface area (Å²) in [5, 5.41) is 3.99. The lowest BCUT2D eigenvalue weighted by atomic mass is 9.97. The number of ether oxygens (including phenoxy) is 1. The molecule has 5 nitrogen and oxygen atoms in total. The highest BCUT2D eigenvalue weighted by Crippen LogP contribution is 2.33. The van der Waals surface area contributed by atoms with Crippen molar-refractivity contribution in [3.05, 3.63) is 45.1 Å². The highest BCUT2D eigenvalue weighted by molar-refractivity contribution is 6.42. The van der Waals surface area contributed by atoms with Gasteiger partial charge in [-0.1, -0.05) is 29.3 Å². The van der Waals surface area contributed by atoms with Crippen LogP contribution in [-0.4, -0.2) is 43.0 Å². The quantitative estimate of drug-likeness (QED) is 0.750. The van der Waals surface area contributed by atoms with Crippen molar-refractivity contribution in [1.29, 1.82) is 0 Å². The normalized spacial score (nSPS) is 19.6. The van der Waals surface area contributed by atoms with Gasteiger partial charge in [0.2, 0.25) is 0 Å². The first-order valence-electron chi connectivity index (χ1n) is 8.84. The minimum atomic E-state index is -0.210. The standard InChI is InChI=1S/C19H22Cl2N2O3/c1-26-17-16(15-6-2-3-10-23(15)19(17)25)18(24)22-9-4-5-12-7-8-13(20)14(21)11-12/h7-8,11,15H,2-6,9-10H2,1H3,(H,22,24). The maximum absolute atomic E-state index is 12.7. The predicted octanol–water partition coefficient (Wildman–Crippen LogP) is 3.34. The third-order valence-corrected chi connectivity index (χ3v) is 5.64. The lowest BCUT2D eigenvalue weighted by Gasteiger charge is -2.30. The van der Waals surface area contributed by atoms with Gasteiger partial charge in [0.25, 0.3) is 11.8 Å². The summed E-state index contributed by atoms with van der Waals surface area (Å²) in [4.78, 5) is 26.8. The summed E-state index contributed by atoms with van der Waals surface area (Å²) in [5.74, 6) is -0.184. The van der Waals surface area contributed by atoms with E-state index in [0.29, 0.717) is 28.7 Å². The van der Waals surface area contributed by atoms with Crippen LogP contribution < -0.4 is 5.32 Å². The predicted molar refractivity (Wildman–Crippen MR) is 101 cm³/mol. The molecule has 1 atom stereocenters. The molecule has 2 aliphatic rings. The zero-order valence-corrected chi connectivity index (χ0v) is 16.2. The molecule has 140 valence electrons. The highest BCUT2D eigenvalue weighted by Gasteiger charge is 2.44. The minimum Gasteiger partial charge on any atom is -0.491 e. The lowest BCUT2D eigenvalue weighted by molar-refractivity contribution is -0.130. The molecule has 0 aliphatic carbocycles. The van der Waals surface area contributed by atoms with Crippen molar-refractivity contribution in [2.75, 3.05) is 20.2 Å². The van der Waals surface area contributed by atoms with Crippen LogP contribution in [0.1, 0.15) is 31.2 Å². The second-order valence-electron chi connectivity index (χ2n) is 6.56. The molecule has 1 aromatic carbocycles. The average molecular weight is 397 g/mol. The Morgan fingerprint density at radius 3 is 2.85 bits per heavy atom. The van der Waals surface area contributed by atoms with Gasteiger partial charge in [-0.25, -0.2) is 0 Å². The molecule has 26 heavy (non-hydrogen) atoms. The monoisotopic (exact) mass is 396 g/mol. The number of carbonyl (C=O) groups excluding carboxylic acids is 2. The molecule has 0 spiro atoms. The molecule has 1 fully saturated rings. The van der Waals surface area contributed by atoms with Crippen molar-refractivity contribution in [2.24, 2.45) is 0 Å². The first kappa shape index (κ1) is 19.1. The van der Waals surface area contributed by atoms with Gasteiger partial charge in [-0.05, 0) is 49.8 Å². The van der Waals surface area contributed by atoms with Gasteiger partial charge < -0.3 is 15.0 Å². The largest absolute Gasteiger partial charge is 0.491 e. The summed E-state index contributed by atoms with van der Waals surface area (Å²) in [6, 6.07) is 5.39. The van der Waals surface area contributed by atoms with Gasteiger partial charge in [0.05, 0.1) is 28.8 Å². The van der Waals surface area contributed by atoms with Crippen LogP contribution in [0.15, 0.2) is 29.5 Å². The van der Waals surface area contributed by atoms with Crippen molar-refractivity contribution in [2.45, 2.75) is 38.1 Å². The number of aryl methyl sites for hydroxylation is 1. The number of amides is 2. The molecular formula is C19H22Cl2N2O3. The molecular weight excluding hydrogens is 375 g/mol. The van der Waals surface area contributed by atoms with Crippen molar-refractivity contribution in [3.63, 3.8) is 0 Å². The van der Waals surface area contributed by atoms with Crippen LogP contribution in [0.2, 0.25) is 10.0 Å². The molecule has 2 amide bonds. The fourth-order valence-electron chi connectivity index (χ4n) is 3.61. The number of nitrogens with one attached hydrogen (secondary N) is 1. The molecule has 0 radical (unpaired) electrons. The van der Waals surface area contributed by atoms with E-state index >= 15 is 0 Å². The van der Waals surface area contributed by atoms with Crippen molar-refractivity contribution in [1.82, 2.24) is 10.2 Å². The number of carbonyl (C=O) groups is 2. The third kappa shape index (κ3) is 3.84. The molecule has 1 aromatic rings. The highest BCUT2D eigenvalue weighted by atomic mass is 35.5. The van der Waals surface area contributed by atoms with Crippen molar-refractivity contribution >= 4 is 35.0 Å². The Kier molecular flexibility index (Phi) is 6.09. The number of fused-ring (bicyclic) bond motifs is 1. The number of benzene rings is 1. The first-order chi connectivity index (χ1) is 12.5. The van der Waals surface area contributed by atoms with Crippen LogP contribution in [0.4, 0.5) is 0 Å². The summed E-state index contributed by atoms with van der Waals surface area (Å²) in [7, 11) is 1.45. The second kappa shape index (κ2) is 8.31. The van der Waals surface area contributed by atoms with E-state index < -0.39 is 0 Å². The zero-order chi connectivity index (χ0) is 18.7. The fraction of sp³-hybridized carbons (Fsp3) is 0.474. The topological polar surface area (TPSA) is 58.6 Å². The number of hydrogen-bond donors (Lipinski definition) is 1. The summed E-state index contributed by atoms with van der Waals surface area (Å²) in [6.45, 7) is 1.20. The summed E-state index contributed by atoms with van der Waals surface area (Å²) >= 11 is 11.9. The molecule has 1 N–H and O–H groups in total. The number of rotatable bonds is 6. The minimum absolute atomic E-state index is 0.152. The molecule has 2 heterocycles. The Labute approximate surface area is 163 Å². The van der Waals surface area contributed by atoms with Gasteiger partial charge in [-0.2, -0.15) is 0 Å². The molecule has 0 bridgehead atoms. The Bertz CT molecular complexity index is 748. The lowest BCUT2D eigenvalue weighted by Crippen LogP contribution is -2.42. The molecule has 3 rings (SSSR count). The zero-order valence-electron chi connectivity index (χ0n) is 14.7. The van der Waals surface area contributed by atoms with E-state index in [-0.39, 0.29) is 23.6 Å². The van der Waals surface area contributed by atoms with E-state index in [4.69, 9.17) is 27.9 Å². The maximum atomic E-state index is 12.7. The van der Waals surface area contributed by atoms with Gasteiger partial charge in [0, 0.05) is 13.1 Å². The molecule has 0 saturated carbocycles. The van der Waals surface area contributed by atoms with Crippen LogP contribution in [-0.2, 0) is 20.7 Å². The molecule has 1 unspecified atom stereocenters.